The maximum Gasteiger partial charge on any atom is 0.267 e. The molecule has 2 aromatic carbocycles. The van der Waals surface area contributed by atoms with Crippen LogP contribution in [0.25, 0.3) is 0 Å². The number of amides is 2. The first-order valence-corrected chi connectivity index (χ1v) is 9.48. The van der Waals surface area contributed by atoms with Crippen molar-refractivity contribution in [1.82, 2.24) is 5.32 Å². The van der Waals surface area contributed by atoms with Crippen molar-refractivity contribution in [3.05, 3.63) is 65.2 Å². The molecule has 1 unspecified atom stereocenters. The molecule has 0 saturated heterocycles. The second-order valence-corrected chi connectivity index (χ2v) is 7.16. The van der Waals surface area contributed by atoms with Crippen molar-refractivity contribution >= 4 is 23.2 Å². The van der Waals surface area contributed by atoms with Gasteiger partial charge in [0.1, 0.15) is 5.71 Å². The zero-order chi connectivity index (χ0) is 18.8. The quantitative estimate of drug-likeness (QED) is 0.907. The molecule has 1 aliphatic heterocycles. The summed E-state index contributed by atoms with van der Waals surface area (Å²) in [7, 11) is 0. The summed E-state index contributed by atoms with van der Waals surface area (Å²) in [6.45, 7) is 1.94. The molecule has 2 amide bonds. The van der Waals surface area contributed by atoms with Crippen LogP contribution in [0, 0.1) is 6.92 Å². The molecule has 0 radical (unpaired) electrons. The van der Waals surface area contributed by atoms with Gasteiger partial charge in [-0.2, -0.15) is 5.10 Å². The highest BCUT2D eigenvalue weighted by Crippen LogP contribution is 2.30. The van der Waals surface area contributed by atoms with Gasteiger partial charge in [-0.15, -0.1) is 0 Å². The normalized spacial score (nSPS) is 19.3. The molecule has 27 heavy (non-hydrogen) atoms. The lowest BCUT2D eigenvalue weighted by Crippen LogP contribution is -2.41. The number of rotatable bonds is 3. The van der Waals surface area contributed by atoms with E-state index in [1.807, 2.05) is 43.3 Å². The van der Waals surface area contributed by atoms with E-state index in [1.54, 1.807) is 0 Å². The Kier molecular flexibility index (Phi) is 4.75. The topological polar surface area (TPSA) is 61.8 Å². The first-order valence-electron chi connectivity index (χ1n) is 9.48. The van der Waals surface area contributed by atoms with Crippen LogP contribution >= 0.6 is 0 Å². The molecule has 0 aromatic heterocycles. The average molecular weight is 361 g/mol. The number of benzene rings is 2. The van der Waals surface area contributed by atoms with Gasteiger partial charge in [0, 0.05) is 12.8 Å². The Balaban J connectivity index is 1.56. The second kappa shape index (κ2) is 7.35. The molecule has 1 aliphatic carbocycles. The first kappa shape index (κ1) is 17.5. The minimum Gasteiger partial charge on any atom is -0.344 e. The number of nitrogens with zero attached hydrogens (tertiary/aromatic N) is 2. The van der Waals surface area contributed by atoms with Gasteiger partial charge in [0.2, 0.25) is 5.91 Å². The average Bonchev–Trinajstić information content (AvgIpc) is 2.69. The van der Waals surface area contributed by atoms with Gasteiger partial charge in [-0.25, -0.2) is 5.01 Å². The van der Waals surface area contributed by atoms with Gasteiger partial charge in [0.15, 0.2) is 0 Å². The van der Waals surface area contributed by atoms with E-state index in [9.17, 15) is 9.59 Å². The van der Waals surface area contributed by atoms with Gasteiger partial charge in [0.25, 0.3) is 5.91 Å². The van der Waals surface area contributed by atoms with Crippen LogP contribution < -0.4 is 10.3 Å². The number of aryl methyl sites for hydroxylation is 2. The predicted molar refractivity (Wildman–Crippen MR) is 106 cm³/mol. The summed E-state index contributed by atoms with van der Waals surface area (Å²) in [5.74, 6) is -0.258. The molecule has 0 bridgehead atoms. The van der Waals surface area contributed by atoms with Crippen LogP contribution in [0.4, 0.5) is 5.69 Å². The van der Waals surface area contributed by atoms with Gasteiger partial charge >= 0.3 is 0 Å². The SMILES string of the molecule is Cc1ccccc1N1N=C(C(=O)NC2CCCc3ccccc32)CCC1=O. The summed E-state index contributed by atoms with van der Waals surface area (Å²) in [4.78, 5) is 25.2. The fourth-order valence-corrected chi connectivity index (χ4v) is 3.85. The fraction of sp³-hybridized carbons (Fsp3) is 0.318. The van der Waals surface area contributed by atoms with E-state index in [1.165, 1.54) is 16.1 Å². The van der Waals surface area contributed by atoms with E-state index >= 15 is 0 Å². The highest BCUT2D eigenvalue weighted by Gasteiger charge is 2.28. The van der Waals surface area contributed by atoms with Crippen LogP contribution in [-0.2, 0) is 16.0 Å². The lowest BCUT2D eigenvalue weighted by molar-refractivity contribution is -0.119. The largest absolute Gasteiger partial charge is 0.344 e. The molecule has 0 saturated carbocycles. The van der Waals surface area contributed by atoms with Crippen LogP contribution in [0.5, 0.6) is 0 Å². The summed E-state index contributed by atoms with van der Waals surface area (Å²) in [5.41, 5.74) is 4.60. The van der Waals surface area contributed by atoms with Crippen molar-refractivity contribution in [3.8, 4) is 0 Å². The molecule has 1 heterocycles. The number of hydrogen-bond donors (Lipinski definition) is 1. The highest BCUT2D eigenvalue weighted by molar-refractivity contribution is 6.40. The smallest absolute Gasteiger partial charge is 0.267 e. The molecule has 5 heteroatoms. The van der Waals surface area contributed by atoms with Crippen LogP contribution in [0.2, 0.25) is 0 Å². The monoisotopic (exact) mass is 361 g/mol. The van der Waals surface area contributed by atoms with Crippen molar-refractivity contribution in [1.29, 1.82) is 0 Å². The van der Waals surface area contributed by atoms with Gasteiger partial charge < -0.3 is 5.32 Å². The van der Waals surface area contributed by atoms with Crippen molar-refractivity contribution in [2.45, 2.75) is 45.1 Å². The van der Waals surface area contributed by atoms with Gasteiger partial charge in [-0.1, -0.05) is 42.5 Å². The van der Waals surface area contributed by atoms with E-state index in [0.29, 0.717) is 18.6 Å². The summed E-state index contributed by atoms with van der Waals surface area (Å²) in [5, 5.41) is 8.92. The van der Waals surface area contributed by atoms with Crippen molar-refractivity contribution in [2.75, 3.05) is 5.01 Å². The third kappa shape index (κ3) is 3.50. The third-order valence-corrected chi connectivity index (χ3v) is 5.31. The molecule has 138 valence electrons. The molecule has 2 aromatic rings. The number of nitrogens with one attached hydrogen (secondary N) is 1. The van der Waals surface area contributed by atoms with Crippen LogP contribution in [-0.4, -0.2) is 17.5 Å². The minimum absolute atomic E-state index is 0.00897. The Morgan fingerprint density at radius 2 is 1.85 bits per heavy atom. The fourth-order valence-electron chi connectivity index (χ4n) is 3.85. The van der Waals surface area contributed by atoms with Gasteiger partial charge in [0.05, 0.1) is 11.7 Å². The summed E-state index contributed by atoms with van der Waals surface area (Å²) >= 11 is 0. The number of carbonyl (C=O) groups excluding carboxylic acids is 2. The van der Waals surface area contributed by atoms with Gasteiger partial charge in [-0.05, 0) is 48.9 Å². The van der Waals surface area contributed by atoms with Crippen LogP contribution in [0.1, 0.15) is 48.4 Å². The van der Waals surface area contributed by atoms with Crippen LogP contribution in [0.15, 0.2) is 53.6 Å². The Morgan fingerprint density at radius 3 is 2.70 bits per heavy atom. The Morgan fingerprint density at radius 1 is 1.07 bits per heavy atom. The van der Waals surface area contributed by atoms with E-state index in [-0.39, 0.29) is 17.9 Å². The van der Waals surface area contributed by atoms with E-state index in [0.717, 1.165) is 30.5 Å². The van der Waals surface area contributed by atoms with Gasteiger partial charge in [-0.3, -0.25) is 9.59 Å². The number of hydrogen-bond acceptors (Lipinski definition) is 3. The highest BCUT2D eigenvalue weighted by atomic mass is 16.2. The van der Waals surface area contributed by atoms with Crippen molar-refractivity contribution in [2.24, 2.45) is 5.10 Å². The van der Waals surface area contributed by atoms with Crippen molar-refractivity contribution < 1.29 is 9.59 Å². The standard InChI is InChI=1S/C22H23N3O2/c1-15-7-2-5-12-20(15)25-21(26)14-13-19(24-25)22(27)23-18-11-6-9-16-8-3-4-10-17(16)18/h2-5,7-8,10,12,18H,6,9,11,13-14H2,1H3,(H,23,27). The molecule has 5 nitrogen and oxygen atoms in total. The molecule has 2 aliphatic rings. The molecule has 1 N–H and O–H groups in total. The Labute approximate surface area is 159 Å². The number of para-hydroxylation sites is 1. The Bertz CT molecular complexity index is 919. The molecular weight excluding hydrogens is 338 g/mol. The maximum atomic E-state index is 12.9. The predicted octanol–water partition coefficient (Wildman–Crippen LogP) is 3.67. The molecule has 4 rings (SSSR count). The molecule has 1 atom stereocenters. The zero-order valence-electron chi connectivity index (χ0n) is 15.4. The lowest BCUT2D eigenvalue weighted by Gasteiger charge is -2.28. The minimum atomic E-state index is -0.178. The van der Waals surface area contributed by atoms with Crippen LogP contribution in [0.3, 0.4) is 0 Å². The lowest BCUT2D eigenvalue weighted by atomic mass is 9.87. The van der Waals surface area contributed by atoms with E-state index in [2.05, 4.69) is 22.6 Å². The molecule has 0 fully saturated rings. The number of anilines is 1. The summed E-state index contributed by atoms with van der Waals surface area (Å²) in [6.07, 6.45) is 3.71. The van der Waals surface area contributed by atoms with Crippen molar-refractivity contribution in [3.63, 3.8) is 0 Å². The Hall–Kier alpha value is -2.95. The molecular formula is C22H23N3O2. The number of hydrazone groups is 1. The summed E-state index contributed by atoms with van der Waals surface area (Å²) < 4.78 is 0. The zero-order valence-corrected chi connectivity index (χ0v) is 15.4. The molecule has 0 spiro atoms. The maximum absolute atomic E-state index is 12.9. The number of carbonyl (C=O) groups is 2. The van der Waals surface area contributed by atoms with E-state index in [4.69, 9.17) is 0 Å². The third-order valence-electron chi connectivity index (χ3n) is 5.31. The second-order valence-electron chi connectivity index (χ2n) is 7.16. The van der Waals surface area contributed by atoms with E-state index < -0.39 is 0 Å². The number of fused-ring (bicyclic) bond motifs is 1. The first-order chi connectivity index (χ1) is 13.1. The summed E-state index contributed by atoms with van der Waals surface area (Å²) in [6, 6.07) is 15.9.